The molecule has 2 N–H and O–H groups in total. The number of halogens is 1. The van der Waals surface area contributed by atoms with E-state index >= 15 is 0 Å². The molecule has 16 heavy (non-hydrogen) atoms. The number of likely N-dealkylation sites (tertiary alicyclic amines) is 1. The topological polar surface area (TPSA) is 46.3 Å². The molecule has 1 aliphatic rings. The number of rotatable bonds is 3. The minimum Gasteiger partial charge on any atom is -0.341 e. The number of hydrogen-bond donors (Lipinski definition) is 1. The van der Waals surface area contributed by atoms with Gasteiger partial charge in [0.25, 0.3) is 0 Å². The van der Waals surface area contributed by atoms with Gasteiger partial charge in [0, 0.05) is 17.6 Å². The highest BCUT2D eigenvalue weighted by atomic mass is 79.9. The Morgan fingerprint density at radius 1 is 1.44 bits per heavy atom. The molecule has 1 aromatic rings. The molecule has 3 nitrogen and oxygen atoms in total. The first kappa shape index (κ1) is 11.6. The van der Waals surface area contributed by atoms with Crippen LogP contribution in [0, 0.1) is 0 Å². The Bertz CT molecular complexity index is 390. The number of amides is 1. The molecule has 1 saturated heterocycles. The average Bonchev–Trinajstić information content (AvgIpc) is 2.18. The van der Waals surface area contributed by atoms with Crippen LogP contribution in [0.5, 0.6) is 0 Å². The summed E-state index contributed by atoms with van der Waals surface area (Å²) < 4.78 is 1.02. The first-order valence-electron chi connectivity index (χ1n) is 5.46. The smallest absolute Gasteiger partial charge is 0.239 e. The second kappa shape index (κ2) is 4.97. The van der Waals surface area contributed by atoms with E-state index in [-0.39, 0.29) is 5.91 Å². The molecule has 1 heterocycles. The summed E-state index contributed by atoms with van der Waals surface area (Å²) in [5.41, 5.74) is 7.00. The summed E-state index contributed by atoms with van der Waals surface area (Å²) in [4.78, 5) is 13.6. The molecule has 86 valence electrons. The average molecular weight is 283 g/mol. The lowest BCUT2D eigenvalue weighted by Crippen LogP contribution is -2.50. The molecular formula is C12H15BrN2O. The van der Waals surface area contributed by atoms with Crippen molar-refractivity contribution in [2.75, 3.05) is 13.1 Å². The van der Waals surface area contributed by atoms with Crippen molar-refractivity contribution < 1.29 is 4.79 Å². The van der Waals surface area contributed by atoms with Crippen LogP contribution in [-0.4, -0.2) is 29.9 Å². The van der Waals surface area contributed by atoms with E-state index in [9.17, 15) is 4.79 Å². The molecule has 2 rings (SSSR count). The Balaban J connectivity index is 1.98. The summed E-state index contributed by atoms with van der Waals surface area (Å²) in [7, 11) is 0. The predicted molar refractivity (Wildman–Crippen MR) is 67.0 cm³/mol. The van der Waals surface area contributed by atoms with Gasteiger partial charge in [0.15, 0.2) is 0 Å². The van der Waals surface area contributed by atoms with Gasteiger partial charge in [0.05, 0.1) is 6.04 Å². The van der Waals surface area contributed by atoms with Crippen LogP contribution in [0.2, 0.25) is 0 Å². The third-order valence-electron chi connectivity index (χ3n) is 2.88. The number of hydrogen-bond acceptors (Lipinski definition) is 2. The maximum Gasteiger partial charge on any atom is 0.239 e. The Morgan fingerprint density at radius 2 is 2.12 bits per heavy atom. The van der Waals surface area contributed by atoms with E-state index in [1.807, 2.05) is 29.2 Å². The first-order valence-corrected chi connectivity index (χ1v) is 6.25. The first-order chi connectivity index (χ1) is 7.68. The quantitative estimate of drug-likeness (QED) is 0.915. The zero-order valence-corrected chi connectivity index (χ0v) is 10.6. The van der Waals surface area contributed by atoms with Crippen LogP contribution < -0.4 is 5.73 Å². The molecule has 1 atom stereocenters. The fourth-order valence-electron chi connectivity index (χ4n) is 1.76. The third kappa shape index (κ3) is 2.44. The van der Waals surface area contributed by atoms with Crippen molar-refractivity contribution in [2.45, 2.75) is 18.9 Å². The Morgan fingerprint density at radius 3 is 2.69 bits per heavy atom. The highest BCUT2D eigenvalue weighted by Gasteiger charge is 2.25. The van der Waals surface area contributed by atoms with Gasteiger partial charge in [0.2, 0.25) is 5.91 Å². The highest BCUT2D eigenvalue weighted by Crippen LogP contribution is 2.18. The lowest BCUT2D eigenvalue weighted by molar-refractivity contribution is -0.136. The Hall–Kier alpha value is -0.870. The van der Waals surface area contributed by atoms with Crippen molar-refractivity contribution in [3.8, 4) is 0 Å². The molecule has 1 fully saturated rings. The molecule has 4 heteroatoms. The zero-order valence-electron chi connectivity index (χ0n) is 9.03. The Labute approximate surface area is 104 Å². The number of nitrogens with zero attached hydrogens (tertiary/aromatic N) is 1. The van der Waals surface area contributed by atoms with E-state index in [0.717, 1.165) is 29.5 Å². The monoisotopic (exact) mass is 282 g/mol. The number of carbonyl (C=O) groups is 1. The molecule has 0 spiro atoms. The molecule has 0 radical (unpaired) electrons. The van der Waals surface area contributed by atoms with E-state index in [4.69, 9.17) is 5.73 Å². The molecule has 1 aliphatic heterocycles. The SMILES string of the molecule is NC(Cc1ccccc1Br)C(=O)N1CCC1. The van der Waals surface area contributed by atoms with Gasteiger partial charge in [-0.15, -0.1) is 0 Å². The van der Waals surface area contributed by atoms with Gasteiger partial charge in [-0.3, -0.25) is 4.79 Å². The van der Waals surface area contributed by atoms with Gasteiger partial charge in [-0.2, -0.15) is 0 Å². The minimum absolute atomic E-state index is 0.0713. The van der Waals surface area contributed by atoms with E-state index < -0.39 is 6.04 Å². The normalized spacial score (nSPS) is 16.8. The second-order valence-corrected chi connectivity index (χ2v) is 4.94. The molecule has 1 aromatic carbocycles. The fourth-order valence-corrected chi connectivity index (χ4v) is 2.21. The summed E-state index contributed by atoms with van der Waals surface area (Å²) in [6.45, 7) is 1.73. The second-order valence-electron chi connectivity index (χ2n) is 4.08. The fraction of sp³-hybridized carbons (Fsp3) is 0.417. The van der Waals surface area contributed by atoms with Gasteiger partial charge in [-0.25, -0.2) is 0 Å². The van der Waals surface area contributed by atoms with Gasteiger partial charge < -0.3 is 10.6 Å². The van der Waals surface area contributed by atoms with Crippen LogP contribution in [0.4, 0.5) is 0 Å². The van der Waals surface area contributed by atoms with Crippen LogP contribution in [-0.2, 0) is 11.2 Å². The van der Waals surface area contributed by atoms with E-state index in [0.29, 0.717) is 6.42 Å². The van der Waals surface area contributed by atoms with Crippen LogP contribution in [0.1, 0.15) is 12.0 Å². The van der Waals surface area contributed by atoms with Crippen molar-refractivity contribution in [1.29, 1.82) is 0 Å². The molecule has 1 amide bonds. The molecule has 1 unspecified atom stereocenters. The summed E-state index contributed by atoms with van der Waals surface area (Å²) in [6.07, 6.45) is 1.70. The zero-order chi connectivity index (χ0) is 11.5. The van der Waals surface area contributed by atoms with E-state index in [2.05, 4.69) is 15.9 Å². The summed E-state index contributed by atoms with van der Waals surface area (Å²) in [5, 5.41) is 0. The van der Waals surface area contributed by atoms with Gasteiger partial charge in [0.1, 0.15) is 0 Å². The van der Waals surface area contributed by atoms with Crippen molar-refractivity contribution in [3.05, 3.63) is 34.3 Å². The minimum atomic E-state index is -0.418. The molecule has 0 aliphatic carbocycles. The van der Waals surface area contributed by atoms with E-state index in [1.54, 1.807) is 0 Å². The highest BCUT2D eigenvalue weighted by molar-refractivity contribution is 9.10. The maximum absolute atomic E-state index is 11.8. The number of carbonyl (C=O) groups excluding carboxylic acids is 1. The van der Waals surface area contributed by atoms with Crippen molar-refractivity contribution in [3.63, 3.8) is 0 Å². The van der Waals surface area contributed by atoms with Gasteiger partial charge in [-0.05, 0) is 24.5 Å². The Kier molecular flexibility index (Phi) is 3.61. The largest absolute Gasteiger partial charge is 0.341 e. The van der Waals surface area contributed by atoms with E-state index in [1.165, 1.54) is 0 Å². The lowest BCUT2D eigenvalue weighted by atomic mass is 10.0. The summed E-state index contributed by atoms with van der Waals surface area (Å²) in [6, 6.07) is 7.46. The van der Waals surface area contributed by atoms with Crippen molar-refractivity contribution in [1.82, 2.24) is 4.90 Å². The summed E-state index contributed by atoms with van der Waals surface area (Å²) in [5.74, 6) is 0.0713. The van der Waals surface area contributed by atoms with Crippen molar-refractivity contribution in [2.24, 2.45) is 5.73 Å². The van der Waals surface area contributed by atoms with Crippen LogP contribution in [0.25, 0.3) is 0 Å². The standard InChI is InChI=1S/C12H15BrN2O/c13-10-5-2-1-4-9(10)8-11(14)12(16)15-6-3-7-15/h1-2,4-5,11H,3,6-8,14H2. The third-order valence-corrected chi connectivity index (χ3v) is 3.66. The van der Waals surface area contributed by atoms with Crippen LogP contribution in [0.3, 0.4) is 0 Å². The maximum atomic E-state index is 11.8. The number of nitrogens with two attached hydrogens (primary N) is 1. The number of benzene rings is 1. The lowest BCUT2D eigenvalue weighted by Gasteiger charge is -2.33. The molecule has 0 bridgehead atoms. The van der Waals surface area contributed by atoms with Crippen LogP contribution in [0.15, 0.2) is 28.7 Å². The molecule has 0 saturated carbocycles. The molecule has 0 aromatic heterocycles. The van der Waals surface area contributed by atoms with Crippen molar-refractivity contribution >= 4 is 21.8 Å². The van der Waals surface area contributed by atoms with Gasteiger partial charge >= 0.3 is 0 Å². The van der Waals surface area contributed by atoms with Gasteiger partial charge in [-0.1, -0.05) is 34.1 Å². The van der Waals surface area contributed by atoms with Crippen LogP contribution >= 0.6 is 15.9 Å². The predicted octanol–water partition coefficient (Wildman–Crippen LogP) is 1.55. The summed E-state index contributed by atoms with van der Waals surface area (Å²) >= 11 is 3.46. The molecular weight excluding hydrogens is 268 g/mol.